The van der Waals surface area contributed by atoms with E-state index >= 15 is 0 Å². The predicted octanol–water partition coefficient (Wildman–Crippen LogP) is 2.63. The smallest absolute Gasteiger partial charge is 0.223 e. The van der Waals surface area contributed by atoms with E-state index in [2.05, 4.69) is 27.5 Å². The molecule has 106 valence electrons. The number of nitrogens with two attached hydrogens (primary N) is 1. The molecule has 20 heavy (non-hydrogen) atoms. The Kier molecular flexibility index (Phi) is 4.60. The van der Waals surface area contributed by atoms with Crippen LogP contribution in [0.4, 0.5) is 23.3 Å². The van der Waals surface area contributed by atoms with Crippen LogP contribution >= 0.6 is 0 Å². The van der Waals surface area contributed by atoms with Crippen molar-refractivity contribution in [2.24, 2.45) is 0 Å². The van der Waals surface area contributed by atoms with Crippen molar-refractivity contribution in [1.29, 1.82) is 0 Å². The summed E-state index contributed by atoms with van der Waals surface area (Å²) in [6, 6.07) is 9.41. The molecule has 1 aromatic carbocycles. The minimum atomic E-state index is 0.238. The number of benzene rings is 1. The van der Waals surface area contributed by atoms with Crippen LogP contribution in [0, 0.1) is 0 Å². The van der Waals surface area contributed by atoms with Crippen molar-refractivity contribution in [3.63, 3.8) is 0 Å². The Bertz CT molecular complexity index is 556. The summed E-state index contributed by atoms with van der Waals surface area (Å²) in [5.74, 6) is 2.42. The highest BCUT2D eigenvalue weighted by Gasteiger charge is 2.03. The van der Waals surface area contributed by atoms with Gasteiger partial charge in [-0.3, -0.25) is 0 Å². The molecule has 2 rings (SSSR count). The number of ether oxygens (including phenoxy) is 1. The van der Waals surface area contributed by atoms with E-state index in [1.54, 1.807) is 7.11 Å². The molecule has 0 spiro atoms. The molecular weight excluding hydrogens is 254 g/mol. The van der Waals surface area contributed by atoms with Gasteiger partial charge in [0.1, 0.15) is 17.4 Å². The number of nitrogens with zero attached hydrogens (tertiary/aromatic N) is 2. The lowest BCUT2D eigenvalue weighted by molar-refractivity contribution is 0.415. The van der Waals surface area contributed by atoms with Crippen LogP contribution in [-0.4, -0.2) is 23.6 Å². The van der Waals surface area contributed by atoms with Gasteiger partial charge in [0.25, 0.3) is 0 Å². The molecule has 0 saturated heterocycles. The summed E-state index contributed by atoms with van der Waals surface area (Å²) in [5, 5.41) is 6.37. The Labute approximate surface area is 118 Å². The summed E-state index contributed by atoms with van der Waals surface area (Å²) in [4.78, 5) is 8.30. The molecule has 1 heterocycles. The van der Waals surface area contributed by atoms with Gasteiger partial charge >= 0.3 is 0 Å². The highest BCUT2D eigenvalue weighted by Crippen LogP contribution is 2.20. The maximum absolute atomic E-state index is 5.71. The van der Waals surface area contributed by atoms with Crippen molar-refractivity contribution < 1.29 is 4.74 Å². The number of nitrogen functional groups attached to an aromatic ring is 1. The number of aromatic nitrogens is 2. The fraction of sp³-hybridized carbons (Fsp3) is 0.286. The Hall–Kier alpha value is -2.50. The van der Waals surface area contributed by atoms with Crippen LogP contribution in [0.3, 0.4) is 0 Å². The average Bonchev–Trinajstić information content (AvgIpc) is 2.45. The van der Waals surface area contributed by atoms with Gasteiger partial charge in [-0.25, -0.2) is 0 Å². The fourth-order valence-electron chi connectivity index (χ4n) is 1.70. The second-order valence-corrected chi connectivity index (χ2v) is 4.28. The zero-order valence-corrected chi connectivity index (χ0v) is 11.7. The molecule has 0 radical (unpaired) electrons. The molecule has 0 fully saturated rings. The van der Waals surface area contributed by atoms with E-state index in [-0.39, 0.29) is 5.95 Å². The van der Waals surface area contributed by atoms with Gasteiger partial charge in [0.15, 0.2) is 0 Å². The maximum Gasteiger partial charge on any atom is 0.223 e. The maximum atomic E-state index is 5.71. The van der Waals surface area contributed by atoms with Crippen molar-refractivity contribution in [2.75, 3.05) is 30.0 Å². The summed E-state index contributed by atoms with van der Waals surface area (Å²) in [5.41, 5.74) is 6.62. The van der Waals surface area contributed by atoms with Gasteiger partial charge in [0.05, 0.1) is 7.11 Å². The fourth-order valence-corrected chi connectivity index (χ4v) is 1.70. The number of methoxy groups -OCH3 is 1. The Morgan fingerprint density at radius 2 is 1.85 bits per heavy atom. The third-order valence-electron chi connectivity index (χ3n) is 2.66. The molecule has 4 N–H and O–H groups in total. The SMILES string of the molecule is CCCNc1cc(Nc2ccc(OC)cc2)nc(N)n1. The first-order chi connectivity index (χ1) is 9.71. The second-order valence-electron chi connectivity index (χ2n) is 4.28. The zero-order valence-electron chi connectivity index (χ0n) is 11.7. The predicted molar refractivity (Wildman–Crippen MR) is 81.5 cm³/mol. The minimum Gasteiger partial charge on any atom is -0.497 e. The van der Waals surface area contributed by atoms with E-state index in [1.807, 2.05) is 30.3 Å². The van der Waals surface area contributed by atoms with Crippen LogP contribution in [0.25, 0.3) is 0 Å². The second kappa shape index (κ2) is 6.60. The lowest BCUT2D eigenvalue weighted by atomic mass is 10.3. The summed E-state index contributed by atoms with van der Waals surface area (Å²) in [6.07, 6.45) is 1.02. The summed E-state index contributed by atoms with van der Waals surface area (Å²) >= 11 is 0. The third-order valence-corrected chi connectivity index (χ3v) is 2.66. The molecule has 6 nitrogen and oxygen atoms in total. The van der Waals surface area contributed by atoms with Crippen LogP contribution < -0.4 is 21.1 Å². The van der Waals surface area contributed by atoms with Crippen molar-refractivity contribution in [2.45, 2.75) is 13.3 Å². The number of anilines is 4. The van der Waals surface area contributed by atoms with Gasteiger partial charge < -0.3 is 21.1 Å². The molecule has 6 heteroatoms. The van der Waals surface area contributed by atoms with Gasteiger partial charge in [-0.05, 0) is 30.7 Å². The molecule has 0 saturated carbocycles. The van der Waals surface area contributed by atoms with Crippen molar-refractivity contribution in [3.05, 3.63) is 30.3 Å². The normalized spacial score (nSPS) is 10.1. The number of hydrogen-bond acceptors (Lipinski definition) is 6. The number of nitrogens with one attached hydrogen (secondary N) is 2. The van der Waals surface area contributed by atoms with Crippen LogP contribution in [-0.2, 0) is 0 Å². The summed E-state index contributed by atoms with van der Waals surface area (Å²) < 4.78 is 5.12. The van der Waals surface area contributed by atoms with Crippen molar-refractivity contribution in [3.8, 4) is 5.75 Å². The van der Waals surface area contributed by atoms with E-state index in [4.69, 9.17) is 10.5 Å². The van der Waals surface area contributed by atoms with Crippen molar-refractivity contribution >= 4 is 23.3 Å². The third kappa shape index (κ3) is 3.74. The minimum absolute atomic E-state index is 0.238. The molecule has 1 aromatic heterocycles. The Morgan fingerprint density at radius 1 is 1.15 bits per heavy atom. The lowest BCUT2D eigenvalue weighted by Crippen LogP contribution is -2.06. The largest absolute Gasteiger partial charge is 0.497 e. The van der Waals surface area contributed by atoms with Gasteiger partial charge in [0, 0.05) is 18.3 Å². The summed E-state index contributed by atoms with van der Waals surface area (Å²) in [7, 11) is 1.64. The topological polar surface area (TPSA) is 85.1 Å². The van der Waals surface area contributed by atoms with E-state index in [1.165, 1.54) is 0 Å². The molecule has 0 aliphatic rings. The highest BCUT2D eigenvalue weighted by molar-refractivity contribution is 5.61. The van der Waals surface area contributed by atoms with Crippen molar-refractivity contribution in [1.82, 2.24) is 9.97 Å². The molecule has 0 bridgehead atoms. The van der Waals surface area contributed by atoms with Gasteiger partial charge in [-0.15, -0.1) is 0 Å². The van der Waals surface area contributed by atoms with E-state index in [0.29, 0.717) is 5.82 Å². The standard InChI is InChI=1S/C14H19N5O/c1-3-8-16-12-9-13(19-14(15)18-12)17-10-4-6-11(20-2)7-5-10/h4-7,9H,3,8H2,1-2H3,(H4,15,16,17,18,19). The van der Waals surface area contributed by atoms with Crippen LogP contribution in [0.1, 0.15) is 13.3 Å². The molecule has 0 amide bonds. The number of hydrogen-bond donors (Lipinski definition) is 3. The van der Waals surface area contributed by atoms with E-state index in [0.717, 1.165) is 30.2 Å². The van der Waals surface area contributed by atoms with Gasteiger partial charge in [-0.1, -0.05) is 6.92 Å². The summed E-state index contributed by atoms with van der Waals surface area (Å²) in [6.45, 7) is 2.94. The first-order valence-corrected chi connectivity index (χ1v) is 6.50. The molecule has 0 unspecified atom stereocenters. The Balaban J connectivity index is 2.12. The molecule has 0 atom stereocenters. The van der Waals surface area contributed by atoms with E-state index < -0.39 is 0 Å². The van der Waals surface area contributed by atoms with Crippen LogP contribution in [0.5, 0.6) is 5.75 Å². The first-order valence-electron chi connectivity index (χ1n) is 6.50. The molecular formula is C14H19N5O. The molecule has 0 aliphatic heterocycles. The number of rotatable bonds is 6. The molecule has 0 aliphatic carbocycles. The highest BCUT2D eigenvalue weighted by atomic mass is 16.5. The van der Waals surface area contributed by atoms with Crippen LogP contribution in [0.15, 0.2) is 30.3 Å². The van der Waals surface area contributed by atoms with Crippen LogP contribution in [0.2, 0.25) is 0 Å². The van der Waals surface area contributed by atoms with Gasteiger partial charge in [0.2, 0.25) is 5.95 Å². The first kappa shape index (κ1) is 13.9. The molecule has 2 aromatic rings. The average molecular weight is 273 g/mol. The lowest BCUT2D eigenvalue weighted by Gasteiger charge is -2.10. The quantitative estimate of drug-likeness (QED) is 0.750. The Morgan fingerprint density at radius 3 is 2.50 bits per heavy atom. The zero-order chi connectivity index (χ0) is 14.4. The van der Waals surface area contributed by atoms with E-state index in [9.17, 15) is 0 Å². The van der Waals surface area contributed by atoms with Gasteiger partial charge in [-0.2, -0.15) is 9.97 Å². The monoisotopic (exact) mass is 273 g/mol.